The van der Waals surface area contributed by atoms with E-state index in [0.29, 0.717) is 26.6 Å². The number of thiazole rings is 1. The summed E-state index contributed by atoms with van der Waals surface area (Å²) < 4.78 is 5.40. The average molecular weight is 409 g/mol. The van der Waals surface area contributed by atoms with Gasteiger partial charge in [0.15, 0.2) is 10.8 Å². The number of hydrogen-bond acceptors (Lipinski definition) is 6. The Kier molecular flexibility index (Phi) is 4.71. The topological polar surface area (TPSA) is 71.3 Å². The van der Waals surface area contributed by atoms with Crippen molar-refractivity contribution in [3.05, 3.63) is 50.8 Å². The number of nitrogens with one attached hydrogen (secondary N) is 1. The van der Waals surface area contributed by atoms with Gasteiger partial charge in [0.1, 0.15) is 6.26 Å². The van der Waals surface area contributed by atoms with Crippen LogP contribution in [-0.4, -0.2) is 34.4 Å². The number of oxazole rings is 1. The van der Waals surface area contributed by atoms with Crippen LogP contribution >= 0.6 is 34.5 Å². The molecule has 3 heterocycles. The first kappa shape index (κ1) is 17.5. The van der Waals surface area contributed by atoms with Crippen LogP contribution in [-0.2, 0) is 13.0 Å². The molecule has 3 aromatic rings. The van der Waals surface area contributed by atoms with E-state index in [9.17, 15) is 4.79 Å². The lowest BCUT2D eigenvalue weighted by Crippen LogP contribution is -2.25. The molecule has 0 spiro atoms. The molecule has 0 bridgehead atoms. The number of fused-ring (bicyclic) bond motifs is 1. The zero-order chi connectivity index (χ0) is 18.3. The monoisotopic (exact) mass is 408 g/mol. The van der Waals surface area contributed by atoms with Crippen LogP contribution in [0.3, 0.4) is 0 Å². The van der Waals surface area contributed by atoms with Gasteiger partial charge in [-0.15, -0.1) is 11.3 Å². The number of hydrogen-bond donors (Lipinski definition) is 1. The minimum Gasteiger partial charge on any atom is -0.444 e. The summed E-state index contributed by atoms with van der Waals surface area (Å²) in [7, 11) is 2.07. The molecule has 0 radical (unpaired) electrons. The first-order valence-electron chi connectivity index (χ1n) is 7.89. The fourth-order valence-corrected chi connectivity index (χ4v) is 4.06. The molecule has 0 unspecified atom stereocenters. The smallest absolute Gasteiger partial charge is 0.279 e. The second-order valence-electron chi connectivity index (χ2n) is 6.00. The van der Waals surface area contributed by atoms with Crippen molar-refractivity contribution in [1.82, 2.24) is 14.9 Å². The minimum atomic E-state index is -0.362. The maximum absolute atomic E-state index is 12.4. The van der Waals surface area contributed by atoms with Crippen LogP contribution in [0.15, 0.2) is 28.9 Å². The van der Waals surface area contributed by atoms with E-state index < -0.39 is 0 Å². The Hall–Kier alpha value is -1.93. The highest BCUT2D eigenvalue weighted by atomic mass is 35.5. The Morgan fingerprint density at radius 1 is 1.31 bits per heavy atom. The normalized spacial score (nSPS) is 14.3. The van der Waals surface area contributed by atoms with Gasteiger partial charge in [0.2, 0.25) is 5.89 Å². The Bertz CT molecular complexity index is 985. The Balaban J connectivity index is 1.51. The third-order valence-electron chi connectivity index (χ3n) is 4.05. The van der Waals surface area contributed by atoms with Crippen molar-refractivity contribution in [2.24, 2.45) is 0 Å². The first-order valence-corrected chi connectivity index (χ1v) is 9.46. The van der Waals surface area contributed by atoms with Crippen molar-refractivity contribution < 1.29 is 9.21 Å². The second kappa shape index (κ2) is 7.00. The van der Waals surface area contributed by atoms with Crippen LogP contribution in [0.4, 0.5) is 5.13 Å². The minimum absolute atomic E-state index is 0.177. The zero-order valence-electron chi connectivity index (χ0n) is 13.8. The number of likely N-dealkylation sites (N-methyl/N-ethyl adjacent to an activating group) is 1. The van der Waals surface area contributed by atoms with Crippen LogP contribution in [0.1, 0.15) is 21.1 Å². The Morgan fingerprint density at radius 2 is 2.15 bits per heavy atom. The van der Waals surface area contributed by atoms with Crippen molar-refractivity contribution in [1.29, 1.82) is 0 Å². The molecule has 2 aromatic heterocycles. The van der Waals surface area contributed by atoms with E-state index in [1.165, 1.54) is 22.5 Å². The molecule has 0 aliphatic carbocycles. The Labute approximate surface area is 163 Å². The SMILES string of the molecule is CN1CCc2nc(NC(=O)c3coc(-c4ccc(Cl)c(Cl)c4)n3)sc2C1. The summed E-state index contributed by atoms with van der Waals surface area (Å²) in [6.07, 6.45) is 2.21. The molecule has 1 aromatic carbocycles. The number of carbonyl (C=O) groups is 1. The average Bonchev–Trinajstić information content (AvgIpc) is 3.23. The quantitative estimate of drug-likeness (QED) is 0.697. The molecule has 0 saturated heterocycles. The van der Waals surface area contributed by atoms with Gasteiger partial charge in [-0.3, -0.25) is 10.1 Å². The van der Waals surface area contributed by atoms with Gasteiger partial charge in [0.25, 0.3) is 5.91 Å². The lowest BCUT2D eigenvalue weighted by atomic mass is 10.2. The van der Waals surface area contributed by atoms with Crippen LogP contribution < -0.4 is 5.32 Å². The van der Waals surface area contributed by atoms with Crippen LogP contribution in [0.25, 0.3) is 11.5 Å². The highest BCUT2D eigenvalue weighted by molar-refractivity contribution is 7.15. The predicted molar refractivity (Wildman–Crippen MR) is 102 cm³/mol. The number of amides is 1. The van der Waals surface area contributed by atoms with E-state index in [1.807, 2.05) is 0 Å². The summed E-state index contributed by atoms with van der Waals surface area (Å²) >= 11 is 13.4. The second-order valence-corrected chi connectivity index (χ2v) is 7.90. The summed E-state index contributed by atoms with van der Waals surface area (Å²) in [5.41, 5.74) is 1.88. The summed E-state index contributed by atoms with van der Waals surface area (Å²) in [5, 5.41) is 4.21. The number of nitrogens with zero attached hydrogens (tertiary/aromatic N) is 3. The number of benzene rings is 1. The molecule has 26 heavy (non-hydrogen) atoms. The molecule has 0 atom stereocenters. The maximum atomic E-state index is 12.4. The van der Waals surface area contributed by atoms with E-state index >= 15 is 0 Å². The third kappa shape index (κ3) is 3.48. The highest BCUT2D eigenvalue weighted by Crippen LogP contribution is 2.29. The zero-order valence-corrected chi connectivity index (χ0v) is 16.1. The van der Waals surface area contributed by atoms with Gasteiger partial charge in [-0.2, -0.15) is 0 Å². The third-order valence-corrected chi connectivity index (χ3v) is 5.78. The lowest BCUT2D eigenvalue weighted by molar-refractivity contribution is 0.102. The van der Waals surface area contributed by atoms with Crippen molar-refractivity contribution in [3.8, 4) is 11.5 Å². The number of aromatic nitrogens is 2. The number of carbonyl (C=O) groups excluding carboxylic acids is 1. The van der Waals surface area contributed by atoms with Gasteiger partial charge in [-0.05, 0) is 25.2 Å². The number of anilines is 1. The van der Waals surface area contributed by atoms with Crippen LogP contribution in [0, 0.1) is 0 Å². The first-order chi connectivity index (χ1) is 12.5. The molecule has 1 N–H and O–H groups in total. The predicted octanol–water partition coefficient (Wildman–Crippen LogP) is 4.35. The standard InChI is InChI=1S/C17H14Cl2N4O2S/c1-23-5-4-12-14(7-23)26-17(21-12)22-15(24)13-8-25-16(20-13)9-2-3-10(18)11(19)6-9/h2-3,6,8H,4-5,7H2,1H3,(H,21,22,24). The van der Waals surface area contributed by atoms with Crippen LogP contribution in [0.5, 0.6) is 0 Å². The molecule has 1 amide bonds. The highest BCUT2D eigenvalue weighted by Gasteiger charge is 2.21. The van der Waals surface area contributed by atoms with Gasteiger partial charge >= 0.3 is 0 Å². The van der Waals surface area contributed by atoms with Gasteiger partial charge in [0, 0.05) is 30.0 Å². The molecule has 134 valence electrons. The van der Waals surface area contributed by atoms with Crippen molar-refractivity contribution in [2.45, 2.75) is 13.0 Å². The van der Waals surface area contributed by atoms with Crippen LogP contribution in [0.2, 0.25) is 10.0 Å². The van der Waals surface area contributed by atoms with E-state index in [2.05, 4.69) is 27.2 Å². The van der Waals surface area contributed by atoms with Crippen molar-refractivity contribution >= 4 is 45.6 Å². The largest absolute Gasteiger partial charge is 0.444 e. The van der Waals surface area contributed by atoms with Gasteiger partial charge in [-0.25, -0.2) is 9.97 Å². The molecule has 9 heteroatoms. The molecule has 0 fully saturated rings. The molecule has 1 aliphatic rings. The Morgan fingerprint density at radius 3 is 2.96 bits per heavy atom. The molecule has 4 rings (SSSR count). The summed E-state index contributed by atoms with van der Waals surface area (Å²) in [5.74, 6) is -0.0618. The fraction of sp³-hybridized carbons (Fsp3) is 0.235. The lowest BCUT2D eigenvalue weighted by Gasteiger charge is -2.20. The number of rotatable bonds is 3. The summed E-state index contributed by atoms with van der Waals surface area (Å²) in [6.45, 7) is 1.83. The van der Waals surface area contributed by atoms with Gasteiger partial charge in [-0.1, -0.05) is 23.2 Å². The van der Waals surface area contributed by atoms with Crippen molar-refractivity contribution in [3.63, 3.8) is 0 Å². The molecular weight excluding hydrogens is 395 g/mol. The van der Waals surface area contributed by atoms with E-state index in [1.54, 1.807) is 18.2 Å². The van der Waals surface area contributed by atoms with Gasteiger partial charge < -0.3 is 9.32 Å². The van der Waals surface area contributed by atoms with Crippen molar-refractivity contribution in [2.75, 3.05) is 18.9 Å². The van der Waals surface area contributed by atoms with Gasteiger partial charge in [0.05, 0.1) is 15.7 Å². The molecule has 6 nitrogen and oxygen atoms in total. The molecule has 1 aliphatic heterocycles. The molecular formula is C17H14Cl2N4O2S. The number of halogens is 2. The van der Waals surface area contributed by atoms with E-state index in [0.717, 1.165) is 25.2 Å². The van der Waals surface area contributed by atoms with E-state index in [-0.39, 0.29) is 11.6 Å². The summed E-state index contributed by atoms with van der Waals surface area (Å²) in [4.78, 5) is 24.6. The fourth-order valence-electron chi connectivity index (χ4n) is 2.68. The van der Waals surface area contributed by atoms with E-state index in [4.69, 9.17) is 27.6 Å². The molecule has 0 saturated carbocycles. The maximum Gasteiger partial charge on any atom is 0.279 e. The summed E-state index contributed by atoms with van der Waals surface area (Å²) in [6, 6.07) is 5.02.